The molecule has 1 aromatic rings. The molecule has 0 amide bonds. The first-order valence-corrected chi connectivity index (χ1v) is 4.98. The van der Waals surface area contributed by atoms with Gasteiger partial charge < -0.3 is 0 Å². The summed E-state index contributed by atoms with van der Waals surface area (Å²) in [5, 5.41) is 0. The van der Waals surface area contributed by atoms with Gasteiger partial charge in [-0.25, -0.2) is 0 Å². The lowest BCUT2D eigenvalue weighted by atomic mass is 10.0. The highest BCUT2D eigenvalue weighted by atomic mass is 19.4. The van der Waals surface area contributed by atoms with Crippen LogP contribution >= 0.6 is 0 Å². The monoisotopic (exact) mass is 282 g/mol. The van der Waals surface area contributed by atoms with Gasteiger partial charge in [-0.15, -0.1) is 0 Å². The van der Waals surface area contributed by atoms with E-state index < -0.39 is 29.3 Å². The second-order valence-electron chi connectivity index (χ2n) is 3.78. The normalized spacial score (nSPS) is 13.0. The van der Waals surface area contributed by atoms with E-state index in [0.29, 0.717) is 12.1 Å². The van der Waals surface area contributed by atoms with Crippen LogP contribution in [0.3, 0.4) is 0 Å². The van der Waals surface area contributed by atoms with Gasteiger partial charge in [-0.1, -0.05) is 6.08 Å². The highest BCUT2D eigenvalue weighted by molar-refractivity contribution is 5.91. The Morgan fingerprint density at radius 3 is 1.68 bits per heavy atom. The Balaban J connectivity index is 3.37. The first-order valence-electron chi connectivity index (χ1n) is 4.98. The Kier molecular flexibility index (Phi) is 4.07. The van der Waals surface area contributed by atoms with Crippen LogP contribution in [0.4, 0.5) is 26.3 Å². The molecule has 0 aromatic heterocycles. The van der Waals surface area contributed by atoms with Crippen LogP contribution in [0.25, 0.3) is 6.08 Å². The van der Waals surface area contributed by atoms with Crippen LogP contribution in [0.1, 0.15) is 23.6 Å². The molecule has 0 saturated heterocycles. The second kappa shape index (κ2) is 5.07. The van der Waals surface area contributed by atoms with Gasteiger partial charge in [0.1, 0.15) is 0 Å². The molecule has 0 fully saturated rings. The van der Waals surface area contributed by atoms with Gasteiger partial charge >= 0.3 is 12.4 Å². The number of carbonyl (C=O) groups excluding carboxylic acids is 1. The van der Waals surface area contributed by atoms with Crippen LogP contribution in [-0.4, -0.2) is 5.78 Å². The molecule has 0 saturated carbocycles. The Hall–Kier alpha value is -1.79. The van der Waals surface area contributed by atoms with Gasteiger partial charge in [0.05, 0.1) is 11.1 Å². The molecule has 7 heteroatoms. The summed E-state index contributed by atoms with van der Waals surface area (Å²) in [5.41, 5.74) is -3.16. The van der Waals surface area contributed by atoms with Crippen molar-refractivity contribution in [3.8, 4) is 0 Å². The van der Waals surface area contributed by atoms with Crippen LogP contribution in [0.5, 0.6) is 0 Å². The maximum Gasteiger partial charge on any atom is 0.416 e. The smallest absolute Gasteiger partial charge is 0.295 e. The molecule has 0 unspecified atom stereocenters. The largest absolute Gasteiger partial charge is 0.416 e. The maximum absolute atomic E-state index is 12.5. The predicted octanol–water partition coefficient (Wildman–Crippen LogP) is 4.33. The Bertz CT molecular complexity index is 478. The summed E-state index contributed by atoms with van der Waals surface area (Å²) in [5.74, 6) is -0.481. The molecular weight excluding hydrogens is 274 g/mol. The highest BCUT2D eigenvalue weighted by Gasteiger charge is 2.36. The molecule has 0 spiro atoms. The van der Waals surface area contributed by atoms with Gasteiger partial charge in [0.15, 0.2) is 5.78 Å². The standard InChI is InChI=1S/C12H8F6O/c1-7(19)2-3-8-4-9(11(13,14)15)6-10(5-8)12(16,17)18/h2-6H,1H3. The van der Waals surface area contributed by atoms with E-state index in [1.165, 1.54) is 0 Å². The fourth-order valence-corrected chi connectivity index (χ4v) is 1.29. The van der Waals surface area contributed by atoms with Gasteiger partial charge in [0.25, 0.3) is 0 Å². The molecule has 0 heterocycles. The van der Waals surface area contributed by atoms with E-state index in [-0.39, 0.29) is 11.6 Å². The summed E-state index contributed by atoms with van der Waals surface area (Å²) in [6.45, 7) is 1.13. The van der Waals surface area contributed by atoms with E-state index in [4.69, 9.17) is 0 Å². The molecule has 1 nitrogen and oxygen atoms in total. The topological polar surface area (TPSA) is 17.1 Å². The van der Waals surface area contributed by atoms with Crippen molar-refractivity contribution in [3.05, 3.63) is 41.0 Å². The average Bonchev–Trinajstić information content (AvgIpc) is 2.23. The lowest BCUT2D eigenvalue weighted by Gasteiger charge is -2.12. The first-order chi connectivity index (χ1) is 8.50. The SMILES string of the molecule is CC(=O)C=Cc1cc(C(F)(F)F)cc(C(F)(F)F)c1. The van der Waals surface area contributed by atoms with Crippen molar-refractivity contribution in [2.45, 2.75) is 19.3 Å². The van der Waals surface area contributed by atoms with Crippen molar-refractivity contribution in [3.63, 3.8) is 0 Å². The average molecular weight is 282 g/mol. The molecular formula is C12H8F6O. The third-order valence-electron chi connectivity index (χ3n) is 2.12. The van der Waals surface area contributed by atoms with E-state index in [1.54, 1.807) is 0 Å². The summed E-state index contributed by atoms with van der Waals surface area (Å²) >= 11 is 0. The Labute approximate surface area is 104 Å². The fourth-order valence-electron chi connectivity index (χ4n) is 1.29. The molecule has 0 atom stereocenters. The molecule has 104 valence electrons. The van der Waals surface area contributed by atoms with Gasteiger partial charge in [0.2, 0.25) is 0 Å². The number of ketones is 1. The minimum Gasteiger partial charge on any atom is -0.295 e. The number of benzene rings is 1. The molecule has 0 aliphatic carbocycles. The lowest BCUT2D eigenvalue weighted by molar-refractivity contribution is -0.143. The lowest BCUT2D eigenvalue weighted by Crippen LogP contribution is -2.11. The van der Waals surface area contributed by atoms with Crippen molar-refractivity contribution < 1.29 is 31.1 Å². The third kappa shape index (κ3) is 4.42. The van der Waals surface area contributed by atoms with Crippen LogP contribution in [-0.2, 0) is 17.1 Å². The van der Waals surface area contributed by atoms with E-state index in [2.05, 4.69) is 0 Å². The maximum atomic E-state index is 12.5. The van der Waals surface area contributed by atoms with Gasteiger partial charge in [0, 0.05) is 0 Å². The van der Waals surface area contributed by atoms with Crippen LogP contribution in [0, 0.1) is 0 Å². The minimum absolute atomic E-state index is 0.0328. The number of alkyl halides is 6. The Morgan fingerprint density at radius 1 is 0.947 bits per heavy atom. The zero-order chi connectivity index (χ0) is 14.8. The van der Waals surface area contributed by atoms with Crippen molar-refractivity contribution in [1.29, 1.82) is 0 Å². The minimum atomic E-state index is -4.89. The Morgan fingerprint density at radius 2 is 1.37 bits per heavy atom. The van der Waals surface area contributed by atoms with Crippen LogP contribution in [0.15, 0.2) is 24.3 Å². The van der Waals surface area contributed by atoms with Gasteiger partial charge in [-0.05, 0) is 36.8 Å². The molecule has 0 bridgehead atoms. The zero-order valence-electron chi connectivity index (χ0n) is 9.56. The molecule has 19 heavy (non-hydrogen) atoms. The molecule has 0 aliphatic heterocycles. The van der Waals surface area contributed by atoms with Crippen LogP contribution in [0.2, 0.25) is 0 Å². The molecule has 1 aromatic carbocycles. The van der Waals surface area contributed by atoms with Crippen molar-refractivity contribution in [2.75, 3.05) is 0 Å². The number of hydrogen-bond acceptors (Lipinski definition) is 1. The molecule has 0 N–H and O–H groups in total. The van der Waals surface area contributed by atoms with Crippen molar-refractivity contribution in [2.24, 2.45) is 0 Å². The molecule has 1 rings (SSSR count). The third-order valence-corrected chi connectivity index (χ3v) is 2.12. The summed E-state index contributed by atoms with van der Waals surface area (Å²) in [6, 6.07) is 1.13. The predicted molar refractivity (Wildman–Crippen MR) is 56.2 cm³/mol. The highest BCUT2D eigenvalue weighted by Crippen LogP contribution is 2.36. The van der Waals surface area contributed by atoms with E-state index in [0.717, 1.165) is 19.1 Å². The van der Waals surface area contributed by atoms with Gasteiger partial charge in [-0.3, -0.25) is 4.79 Å². The number of carbonyl (C=O) groups is 1. The van der Waals surface area contributed by atoms with E-state index in [9.17, 15) is 31.1 Å². The number of hydrogen-bond donors (Lipinski definition) is 0. The second-order valence-corrected chi connectivity index (χ2v) is 3.78. The number of rotatable bonds is 2. The van der Waals surface area contributed by atoms with Gasteiger partial charge in [-0.2, -0.15) is 26.3 Å². The summed E-state index contributed by atoms with van der Waals surface area (Å²) in [7, 11) is 0. The van der Waals surface area contributed by atoms with E-state index >= 15 is 0 Å². The summed E-state index contributed by atoms with van der Waals surface area (Å²) < 4.78 is 74.9. The quantitative estimate of drug-likeness (QED) is 0.583. The summed E-state index contributed by atoms with van der Waals surface area (Å²) in [4.78, 5) is 10.6. The number of allylic oxidation sites excluding steroid dienone is 1. The van der Waals surface area contributed by atoms with E-state index in [1.807, 2.05) is 0 Å². The molecule has 0 radical (unpaired) electrons. The van der Waals surface area contributed by atoms with Crippen LogP contribution < -0.4 is 0 Å². The molecule has 0 aliphatic rings. The van der Waals surface area contributed by atoms with Crippen molar-refractivity contribution in [1.82, 2.24) is 0 Å². The number of halogens is 6. The fraction of sp³-hybridized carbons (Fsp3) is 0.250. The first kappa shape index (κ1) is 15.3. The summed E-state index contributed by atoms with van der Waals surface area (Å²) in [6.07, 6.45) is -7.97. The van der Waals surface area contributed by atoms with Crippen molar-refractivity contribution >= 4 is 11.9 Å². The zero-order valence-corrected chi connectivity index (χ0v) is 9.56.